The molecule has 7 heteroatoms. The van der Waals surface area contributed by atoms with E-state index in [0.29, 0.717) is 25.4 Å². The zero-order valence-electron chi connectivity index (χ0n) is 12.5. The molecule has 0 radical (unpaired) electrons. The van der Waals surface area contributed by atoms with E-state index in [0.717, 1.165) is 0 Å². The Hall–Kier alpha value is -1.15. The molecule has 0 amide bonds. The van der Waals surface area contributed by atoms with Gasteiger partial charge in [-0.3, -0.25) is 0 Å². The molecule has 21 heavy (non-hydrogen) atoms. The van der Waals surface area contributed by atoms with E-state index in [2.05, 4.69) is 10.0 Å². The number of rotatable bonds is 10. The lowest BCUT2D eigenvalue weighted by atomic mass is 10.3. The maximum Gasteiger partial charge on any atom is 0.213 e. The monoisotopic (exact) mass is 316 g/mol. The van der Waals surface area contributed by atoms with Gasteiger partial charge in [0.25, 0.3) is 0 Å². The van der Waals surface area contributed by atoms with Crippen LogP contribution in [0.15, 0.2) is 30.3 Å². The first kappa shape index (κ1) is 17.9. The van der Waals surface area contributed by atoms with E-state index in [-0.39, 0.29) is 6.61 Å². The average Bonchev–Trinajstić information content (AvgIpc) is 2.45. The highest BCUT2D eigenvalue weighted by molar-refractivity contribution is 7.90. The summed E-state index contributed by atoms with van der Waals surface area (Å²) in [5, 5.41) is 12.3. The number of aliphatic hydroxyl groups excluding tert-OH is 1. The van der Waals surface area contributed by atoms with Crippen molar-refractivity contribution in [2.24, 2.45) is 0 Å². The Balaban J connectivity index is 2.10. The molecule has 1 unspecified atom stereocenters. The van der Waals surface area contributed by atoms with Crippen LogP contribution in [0.4, 0.5) is 0 Å². The molecule has 0 heterocycles. The Morgan fingerprint density at radius 3 is 2.48 bits per heavy atom. The normalized spacial score (nSPS) is 13.3. The molecule has 120 valence electrons. The van der Waals surface area contributed by atoms with Crippen LogP contribution in [-0.4, -0.2) is 51.1 Å². The lowest BCUT2D eigenvalue weighted by Gasteiger charge is -2.14. The fourth-order valence-corrected chi connectivity index (χ4v) is 2.20. The molecular weight excluding hydrogens is 292 g/mol. The third-order valence-corrected chi connectivity index (χ3v) is 4.64. The first-order valence-electron chi connectivity index (χ1n) is 6.97. The van der Waals surface area contributed by atoms with Gasteiger partial charge in [0.05, 0.1) is 5.25 Å². The van der Waals surface area contributed by atoms with Gasteiger partial charge in [0.15, 0.2) is 0 Å². The van der Waals surface area contributed by atoms with Crippen molar-refractivity contribution in [3.05, 3.63) is 30.3 Å². The molecular formula is C14H24N2O4S. The van der Waals surface area contributed by atoms with Gasteiger partial charge in [-0.05, 0) is 26.0 Å². The van der Waals surface area contributed by atoms with Gasteiger partial charge in [-0.2, -0.15) is 0 Å². The van der Waals surface area contributed by atoms with Crippen LogP contribution >= 0.6 is 0 Å². The fraction of sp³-hybridized carbons (Fsp3) is 0.571. The van der Waals surface area contributed by atoms with Gasteiger partial charge in [0, 0.05) is 19.6 Å². The SMILES string of the molecule is CC(C)S(=O)(=O)NCCNCC(O)COc1ccccc1. The fourth-order valence-electron chi connectivity index (χ4n) is 1.49. The topological polar surface area (TPSA) is 87.7 Å². The van der Waals surface area contributed by atoms with Crippen molar-refractivity contribution in [3.63, 3.8) is 0 Å². The van der Waals surface area contributed by atoms with Gasteiger partial charge in [-0.15, -0.1) is 0 Å². The maximum atomic E-state index is 11.5. The van der Waals surface area contributed by atoms with Crippen molar-refractivity contribution < 1.29 is 18.3 Å². The zero-order valence-corrected chi connectivity index (χ0v) is 13.3. The molecule has 0 saturated carbocycles. The Labute approximate surface area is 126 Å². The molecule has 0 aliphatic heterocycles. The van der Waals surface area contributed by atoms with Crippen molar-refractivity contribution in [3.8, 4) is 5.75 Å². The van der Waals surface area contributed by atoms with Crippen LogP contribution in [0.5, 0.6) is 5.75 Å². The van der Waals surface area contributed by atoms with Crippen molar-refractivity contribution in [1.82, 2.24) is 10.0 Å². The molecule has 0 aliphatic carbocycles. The largest absolute Gasteiger partial charge is 0.491 e. The predicted octanol–water partition coefficient (Wildman–Crippen LogP) is 0.344. The van der Waals surface area contributed by atoms with Crippen LogP contribution in [0.2, 0.25) is 0 Å². The maximum absolute atomic E-state index is 11.5. The molecule has 0 fully saturated rings. The second kappa shape index (κ2) is 8.99. The molecule has 1 atom stereocenters. The summed E-state index contributed by atoms with van der Waals surface area (Å²) >= 11 is 0. The zero-order chi connectivity index (χ0) is 15.7. The van der Waals surface area contributed by atoms with Crippen LogP contribution in [0.1, 0.15) is 13.8 Å². The van der Waals surface area contributed by atoms with Crippen LogP contribution < -0.4 is 14.8 Å². The average molecular weight is 316 g/mol. The highest BCUT2D eigenvalue weighted by Gasteiger charge is 2.14. The number of hydrogen-bond acceptors (Lipinski definition) is 5. The standard InChI is InChI=1S/C14H24N2O4S/c1-12(2)21(18,19)16-9-8-15-10-13(17)11-20-14-6-4-3-5-7-14/h3-7,12-13,15-17H,8-11H2,1-2H3. The second-order valence-electron chi connectivity index (χ2n) is 4.97. The molecule has 0 aromatic heterocycles. The summed E-state index contributed by atoms with van der Waals surface area (Å²) in [6.45, 7) is 4.53. The molecule has 6 nitrogen and oxygen atoms in total. The second-order valence-corrected chi connectivity index (χ2v) is 7.29. The number of hydrogen-bond donors (Lipinski definition) is 3. The van der Waals surface area contributed by atoms with Crippen LogP contribution in [0.25, 0.3) is 0 Å². The summed E-state index contributed by atoms with van der Waals surface area (Å²) in [5.41, 5.74) is 0. The van der Waals surface area contributed by atoms with Crippen molar-refractivity contribution in [2.75, 3.05) is 26.2 Å². The third-order valence-electron chi connectivity index (χ3n) is 2.79. The molecule has 1 aromatic rings. The third kappa shape index (κ3) is 7.42. The summed E-state index contributed by atoms with van der Waals surface area (Å²) in [6.07, 6.45) is -0.646. The van der Waals surface area contributed by atoms with E-state index in [1.54, 1.807) is 13.8 Å². The van der Waals surface area contributed by atoms with Gasteiger partial charge in [0.2, 0.25) is 10.0 Å². The lowest BCUT2D eigenvalue weighted by Crippen LogP contribution is -2.39. The van der Waals surface area contributed by atoms with E-state index in [9.17, 15) is 13.5 Å². The van der Waals surface area contributed by atoms with E-state index >= 15 is 0 Å². The van der Waals surface area contributed by atoms with Crippen molar-refractivity contribution >= 4 is 10.0 Å². The number of sulfonamides is 1. The van der Waals surface area contributed by atoms with E-state index in [4.69, 9.17) is 4.74 Å². The molecule has 0 aliphatic rings. The van der Waals surface area contributed by atoms with Crippen LogP contribution in [-0.2, 0) is 10.0 Å². The van der Waals surface area contributed by atoms with Gasteiger partial charge in [-0.1, -0.05) is 18.2 Å². The summed E-state index contributed by atoms with van der Waals surface area (Å²) in [5.74, 6) is 0.709. The lowest BCUT2D eigenvalue weighted by molar-refractivity contribution is 0.107. The number of ether oxygens (including phenoxy) is 1. The molecule has 1 rings (SSSR count). The Morgan fingerprint density at radius 2 is 1.86 bits per heavy atom. The Kier molecular flexibility index (Phi) is 7.66. The number of nitrogens with one attached hydrogen (secondary N) is 2. The van der Waals surface area contributed by atoms with Crippen LogP contribution in [0, 0.1) is 0 Å². The highest BCUT2D eigenvalue weighted by Crippen LogP contribution is 2.08. The van der Waals surface area contributed by atoms with Crippen LogP contribution in [0.3, 0.4) is 0 Å². The Morgan fingerprint density at radius 1 is 1.19 bits per heavy atom. The molecule has 0 saturated heterocycles. The van der Waals surface area contributed by atoms with Gasteiger partial charge >= 0.3 is 0 Å². The predicted molar refractivity (Wildman–Crippen MR) is 82.9 cm³/mol. The van der Waals surface area contributed by atoms with Gasteiger partial charge < -0.3 is 15.2 Å². The highest BCUT2D eigenvalue weighted by atomic mass is 32.2. The Bertz CT molecular complexity index is 491. The molecule has 3 N–H and O–H groups in total. The summed E-state index contributed by atoms with van der Waals surface area (Å²) in [7, 11) is -3.22. The first-order chi connectivity index (χ1) is 9.92. The van der Waals surface area contributed by atoms with E-state index in [1.807, 2.05) is 30.3 Å². The molecule has 0 spiro atoms. The first-order valence-corrected chi connectivity index (χ1v) is 8.51. The quantitative estimate of drug-likeness (QED) is 0.542. The van der Waals surface area contributed by atoms with Gasteiger partial charge in [-0.25, -0.2) is 13.1 Å². The van der Waals surface area contributed by atoms with Crippen molar-refractivity contribution in [2.45, 2.75) is 25.2 Å². The number of para-hydroxylation sites is 1. The minimum atomic E-state index is -3.22. The summed E-state index contributed by atoms with van der Waals surface area (Å²) in [6, 6.07) is 9.26. The van der Waals surface area contributed by atoms with Crippen molar-refractivity contribution in [1.29, 1.82) is 0 Å². The van der Waals surface area contributed by atoms with E-state index < -0.39 is 21.4 Å². The minimum Gasteiger partial charge on any atom is -0.491 e. The number of aliphatic hydroxyl groups is 1. The summed E-state index contributed by atoms with van der Waals surface area (Å²) in [4.78, 5) is 0. The van der Waals surface area contributed by atoms with E-state index in [1.165, 1.54) is 0 Å². The number of benzene rings is 1. The molecule has 0 bridgehead atoms. The van der Waals surface area contributed by atoms with Gasteiger partial charge in [0.1, 0.15) is 18.5 Å². The minimum absolute atomic E-state index is 0.189. The molecule has 1 aromatic carbocycles. The summed E-state index contributed by atoms with van der Waals surface area (Å²) < 4.78 is 30.9. The smallest absolute Gasteiger partial charge is 0.213 e.